The number of rotatable bonds is 5. The Labute approximate surface area is 151 Å². The van der Waals surface area contributed by atoms with Crippen LogP contribution in [0.5, 0.6) is 0 Å². The maximum absolute atomic E-state index is 12.3. The standard InChI is InChI=1S/C18H28N2O3.CH4O/c1-12(2)16(23-17(21)13(3)4)11-14(5)20(6)18(22)19-15-9-7-8-10-15;1-2/h11,15H,3,7-10H2,1-2,4-6H3,(H,19,22);2H,1H3/b14-11+;. The van der Waals surface area contributed by atoms with Crippen LogP contribution in [0.3, 0.4) is 0 Å². The van der Waals surface area contributed by atoms with E-state index in [-0.39, 0.29) is 12.1 Å². The molecule has 1 saturated carbocycles. The second-order valence-corrected chi connectivity index (χ2v) is 6.31. The van der Waals surface area contributed by atoms with E-state index >= 15 is 0 Å². The number of nitrogens with one attached hydrogen (secondary N) is 1. The molecule has 0 aromatic heterocycles. The van der Waals surface area contributed by atoms with Crippen LogP contribution in [0.1, 0.15) is 53.4 Å². The molecule has 0 spiro atoms. The third kappa shape index (κ3) is 8.03. The van der Waals surface area contributed by atoms with Gasteiger partial charge in [0.2, 0.25) is 0 Å². The number of allylic oxidation sites excluding steroid dienone is 3. The van der Waals surface area contributed by atoms with Gasteiger partial charge in [0.25, 0.3) is 0 Å². The number of nitrogens with zero attached hydrogens (tertiary/aromatic N) is 1. The zero-order valence-electron chi connectivity index (χ0n) is 16.3. The molecule has 0 aromatic carbocycles. The first-order chi connectivity index (χ1) is 11.7. The molecule has 142 valence electrons. The molecule has 6 nitrogen and oxygen atoms in total. The average Bonchev–Trinajstić information content (AvgIpc) is 3.07. The van der Waals surface area contributed by atoms with Crippen LogP contribution >= 0.6 is 0 Å². The third-order valence-corrected chi connectivity index (χ3v) is 3.90. The molecule has 0 heterocycles. The van der Waals surface area contributed by atoms with Crippen molar-refractivity contribution in [2.45, 2.75) is 59.4 Å². The number of hydrogen-bond donors (Lipinski definition) is 2. The number of ether oxygens (including phenoxy) is 1. The minimum Gasteiger partial charge on any atom is -0.423 e. The Morgan fingerprint density at radius 1 is 1.16 bits per heavy atom. The first-order valence-corrected chi connectivity index (χ1v) is 8.44. The Bertz CT molecular complexity index is 540. The fourth-order valence-corrected chi connectivity index (χ4v) is 2.25. The highest BCUT2D eigenvalue weighted by molar-refractivity contribution is 5.88. The summed E-state index contributed by atoms with van der Waals surface area (Å²) in [5, 5.41) is 10.0. The molecule has 0 aromatic rings. The van der Waals surface area contributed by atoms with Gasteiger partial charge in [0.15, 0.2) is 0 Å². The molecule has 2 N–H and O–H groups in total. The van der Waals surface area contributed by atoms with E-state index in [1.54, 1.807) is 20.0 Å². The van der Waals surface area contributed by atoms with Gasteiger partial charge in [-0.2, -0.15) is 0 Å². The fraction of sp³-hybridized carbons (Fsp3) is 0.579. The van der Waals surface area contributed by atoms with E-state index < -0.39 is 5.97 Å². The predicted octanol–water partition coefficient (Wildman–Crippen LogP) is 3.50. The van der Waals surface area contributed by atoms with Gasteiger partial charge in [0, 0.05) is 37.5 Å². The summed E-state index contributed by atoms with van der Waals surface area (Å²) in [5.41, 5.74) is 1.89. The molecule has 0 atom stereocenters. The maximum atomic E-state index is 12.3. The SMILES string of the molecule is C=C(C)C(=O)OC(/C=C(\C)N(C)C(=O)NC1CCCC1)=C(C)C.CO. The van der Waals surface area contributed by atoms with Gasteiger partial charge < -0.3 is 20.1 Å². The zero-order valence-corrected chi connectivity index (χ0v) is 16.3. The van der Waals surface area contributed by atoms with Crippen molar-refractivity contribution in [2.75, 3.05) is 14.2 Å². The lowest BCUT2D eigenvalue weighted by Crippen LogP contribution is -2.41. The monoisotopic (exact) mass is 352 g/mol. The predicted molar refractivity (Wildman–Crippen MR) is 99.7 cm³/mol. The first kappa shape index (κ1) is 22.9. The Morgan fingerprint density at radius 3 is 2.12 bits per heavy atom. The summed E-state index contributed by atoms with van der Waals surface area (Å²) in [4.78, 5) is 25.5. The van der Waals surface area contributed by atoms with E-state index in [1.807, 2.05) is 20.8 Å². The van der Waals surface area contributed by atoms with Crippen LogP contribution in [-0.4, -0.2) is 42.2 Å². The Hall–Kier alpha value is -2.08. The summed E-state index contributed by atoms with van der Waals surface area (Å²) in [6.45, 7) is 10.7. The minimum atomic E-state index is -0.469. The highest BCUT2D eigenvalue weighted by atomic mass is 16.5. The van der Waals surface area contributed by atoms with Crippen LogP contribution in [-0.2, 0) is 9.53 Å². The van der Waals surface area contributed by atoms with Crippen LogP contribution in [0.25, 0.3) is 0 Å². The Balaban J connectivity index is 0.00000277. The smallest absolute Gasteiger partial charge is 0.338 e. The van der Waals surface area contributed by atoms with E-state index in [2.05, 4.69) is 11.9 Å². The van der Waals surface area contributed by atoms with Crippen molar-refractivity contribution in [3.05, 3.63) is 35.3 Å². The molecule has 1 aliphatic carbocycles. The molecule has 1 aliphatic rings. The van der Waals surface area contributed by atoms with Crippen molar-refractivity contribution in [1.82, 2.24) is 10.2 Å². The number of carbonyl (C=O) groups is 2. The summed E-state index contributed by atoms with van der Waals surface area (Å²) in [6, 6.07) is 0.131. The minimum absolute atomic E-state index is 0.134. The molecule has 0 saturated heterocycles. The topological polar surface area (TPSA) is 78.9 Å². The molecule has 0 aliphatic heterocycles. The Kier molecular flexibility index (Phi) is 10.5. The van der Waals surface area contributed by atoms with Crippen molar-refractivity contribution >= 4 is 12.0 Å². The van der Waals surface area contributed by atoms with Gasteiger partial charge in [-0.05, 0) is 46.1 Å². The molecular weight excluding hydrogens is 320 g/mol. The molecular formula is C19H32N2O4. The normalized spacial score (nSPS) is 14.1. The first-order valence-electron chi connectivity index (χ1n) is 8.44. The van der Waals surface area contributed by atoms with Crippen LogP contribution < -0.4 is 5.32 Å². The van der Waals surface area contributed by atoms with E-state index in [1.165, 1.54) is 17.7 Å². The quantitative estimate of drug-likeness (QED) is 0.343. The lowest BCUT2D eigenvalue weighted by Gasteiger charge is -2.22. The van der Waals surface area contributed by atoms with Crippen LogP contribution in [0.15, 0.2) is 35.3 Å². The Morgan fingerprint density at radius 2 is 1.68 bits per heavy atom. The second-order valence-electron chi connectivity index (χ2n) is 6.31. The number of aliphatic hydroxyl groups is 1. The van der Waals surface area contributed by atoms with Crippen molar-refractivity contribution in [1.29, 1.82) is 0 Å². The summed E-state index contributed by atoms with van der Waals surface area (Å²) in [5.74, 6) is -0.0284. The largest absolute Gasteiger partial charge is 0.423 e. The van der Waals surface area contributed by atoms with E-state index in [0.29, 0.717) is 17.0 Å². The van der Waals surface area contributed by atoms with Crippen LogP contribution in [0.4, 0.5) is 4.79 Å². The number of urea groups is 1. The van der Waals surface area contributed by atoms with Gasteiger partial charge in [-0.1, -0.05) is 19.4 Å². The summed E-state index contributed by atoms with van der Waals surface area (Å²) >= 11 is 0. The van der Waals surface area contributed by atoms with E-state index in [4.69, 9.17) is 9.84 Å². The molecule has 1 rings (SSSR count). The molecule has 25 heavy (non-hydrogen) atoms. The highest BCUT2D eigenvalue weighted by Gasteiger charge is 2.20. The number of aliphatic hydroxyl groups excluding tert-OH is 1. The number of amides is 2. The van der Waals surface area contributed by atoms with Gasteiger partial charge >= 0.3 is 12.0 Å². The fourth-order valence-electron chi connectivity index (χ4n) is 2.25. The van der Waals surface area contributed by atoms with Crippen molar-refractivity contribution in [2.24, 2.45) is 0 Å². The van der Waals surface area contributed by atoms with Gasteiger partial charge in [-0.3, -0.25) is 0 Å². The summed E-state index contributed by atoms with van der Waals surface area (Å²) < 4.78 is 5.31. The number of hydrogen-bond acceptors (Lipinski definition) is 4. The molecule has 0 unspecified atom stereocenters. The average molecular weight is 352 g/mol. The van der Waals surface area contributed by atoms with Gasteiger partial charge in [0.05, 0.1) is 0 Å². The lowest BCUT2D eigenvalue weighted by molar-refractivity contribution is -0.134. The van der Waals surface area contributed by atoms with Crippen molar-refractivity contribution < 1.29 is 19.4 Å². The van der Waals surface area contributed by atoms with Gasteiger partial charge in [-0.15, -0.1) is 0 Å². The van der Waals surface area contributed by atoms with E-state index in [9.17, 15) is 9.59 Å². The summed E-state index contributed by atoms with van der Waals surface area (Å²) in [7, 11) is 2.71. The van der Waals surface area contributed by atoms with E-state index in [0.717, 1.165) is 25.5 Å². The molecule has 1 fully saturated rings. The van der Waals surface area contributed by atoms with Crippen molar-refractivity contribution in [3.63, 3.8) is 0 Å². The maximum Gasteiger partial charge on any atom is 0.338 e. The zero-order chi connectivity index (χ0) is 19.6. The molecule has 2 amide bonds. The third-order valence-electron chi connectivity index (χ3n) is 3.90. The number of carbonyl (C=O) groups excluding carboxylic acids is 2. The summed E-state index contributed by atoms with van der Waals surface area (Å²) in [6.07, 6.45) is 6.12. The van der Waals surface area contributed by atoms with Crippen LogP contribution in [0, 0.1) is 0 Å². The highest BCUT2D eigenvalue weighted by Crippen LogP contribution is 2.19. The van der Waals surface area contributed by atoms with Crippen molar-refractivity contribution in [3.8, 4) is 0 Å². The molecule has 6 heteroatoms. The molecule has 0 bridgehead atoms. The second kappa shape index (κ2) is 11.5. The van der Waals surface area contributed by atoms with Gasteiger partial charge in [-0.25, -0.2) is 9.59 Å². The lowest BCUT2D eigenvalue weighted by atomic mass is 10.2. The number of esters is 1. The van der Waals surface area contributed by atoms with Crippen LogP contribution in [0.2, 0.25) is 0 Å². The van der Waals surface area contributed by atoms with Gasteiger partial charge in [0.1, 0.15) is 5.76 Å². The molecule has 0 radical (unpaired) electrons.